The lowest BCUT2D eigenvalue weighted by molar-refractivity contribution is -0.134. The summed E-state index contributed by atoms with van der Waals surface area (Å²) in [6.45, 7) is 0. The van der Waals surface area contributed by atoms with Crippen LogP contribution in [0, 0.1) is 0 Å². The van der Waals surface area contributed by atoms with Crippen LogP contribution in [0.4, 0.5) is 0 Å². The van der Waals surface area contributed by atoms with Crippen LogP contribution in [-0.2, 0) is 32.5 Å². The van der Waals surface area contributed by atoms with E-state index in [4.69, 9.17) is 9.47 Å². The molecule has 0 bridgehead atoms. The second-order valence-electron chi connectivity index (χ2n) is 5.97. The standard InChI is InChI=1S/C17H21N3O4/c1-20-13-8-10(9-15(23-2)24-3)4-5-11(13)16(19-20)12-6-7-14(21)18-17(12)22/h4-5,8,12,15H,6-7,9H2,1-3H3,(H,18,21,22). The first kappa shape index (κ1) is 16.6. The highest BCUT2D eigenvalue weighted by atomic mass is 16.7. The number of aryl methyl sites for hydroxylation is 1. The van der Waals surface area contributed by atoms with Crippen molar-refractivity contribution in [1.82, 2.24) is 15.1 Å². The molecule has 0 spiro atoms. The van der Waals surface area contributed by atoms with Crippen LogP contribution >= 0.6 is 0 Å². The van der Waals surface area contributed by atoms with Crippen LogP contribution in [0.25, 0.3) is 10.9 Å². The van der Waals surface area contributed by atoms with E-state index in [0.717, 1.165) is 22.2 Å². The van der Waals surface area contributed by atoms with Gasteiger partial charge in [-0.15, -0.1) is 0 Å². The predicted molar refractivity (Wildman–Crippen MR) is 87.3 cm³/mol. The Morgan fingerprint density at radius 1 is 1.33 bits per heavy atom. The second-order valence-corrected chi connectivity index (χ2v) is 5.97. The van der Waals surface area contributed by atoms with E-state index in [-0.39, 0.29) is 24.0 Å². The molecular formula is C17H21N3O4. The predicted octanol–water partition coefficient (Wildman–Crippen LogP) is 1.25. The fraction of sp³-hybridized carbons (Fsp3) is 0.471. The van der Waals surface area contributed by atoms with Crippen LogP contribution < -0.4 is 5.32 Å². The molecule has 0 aliphatic carbocycles. The van der Waals surface area contributed by atoms with Crippen molar-refractivity contribution in [3.63, 3.8) is 0 Å². The van der Waals surface area contributed by atoms with Crippen LogP contribution in [0.2, 0.25) is 0 Å². The number of carbonyl (C=O) groups excluding carboxylic acids is 2. The van der Waals surface area contributed by atoms with Gasteiger partial charge in [-0.1, -0.05) is 12.1 Å². The number of aromatic nitrogens is 2. The molecule has 7 nitrogen and oxygen atoms in total. The van der Waals surface area contributed by atoms with E-state index in [0.29, 0.717) is 19.3 Å². The third-order valence-corrected chi connectivity index (χ3v) is 4.44. The Bertz CT molecular complexity index is 779. The first-order valence-electron chi connectivity index (χ1n) is 7.88. The minimum atomic E-state index is -0.386. The third kappa shape index (κ3) is 3.05. The molecule has 3 rings (SSSR count). The zero-order chi connectivity index (χ0) is 17.3. The fourth-order valence-electron chi connectivity index (χ4n) is 3.13. The van der Waals surface area contributed by atoms with Gasteiger partial charge in [-0.25, -0.2) is 0 Å². The quantitative estimate of drug-likeness (QED) is 0.659. The molecule has 1 aliphatic rings. The van der Waals surface area contributed by atoms with Gasteiger partial charge in [0.2, 0.25) is 11.8 Å². The highest BCUT2D eigenvalue weighted by molar-refractivity contribution is 6.02. The number of nitrogens with zero attached hydrogens (tertiary/aromatic N) is 2. The number of benzene rings is 1. The molecule has 1 fully saturated rings. The van der Waals surface area contributed by atoms with Gasteiger partial charge in [0.1, 0.15) is 0 Å². The van der Waals surface area contributed by atoms with Crippen LogP contribution in [0.5, 0.6) is 0 Å². The number of imide groups is 1. The number of carbonyl (C=O) groups is 2. The summed E-state index contributed by atoms with van der Waals surface area (Å²) in [6, 6.07) is 5.99. The van der Waals surface area contributed by atoms with E-state index in [9.17, 15) is 9.59 Å². The second kappa shape index (κ2) is 6.70. The maximum atomic E-state index is 12.1. The van der Waals surface area contributed by atoms with Crippen molar-refractivity contribution in [2.75, 3.05) is 14.2 Å². The number of amides is 2. The normalized spacial score (nSPS) is 18.4. The molecular weight excluding hydrogens is 310 g/mol. The van der Waals surface area contributed by atoms with Crippen LogP contribution in [0.1, 0.15) is 30.0 Å². The van der Waals surface area contributed by atoms with Gasteiger partial charge >= 0.3 is 0 Å². The van der Waals surface area contributed by atoms with E-state index in [1.54, 1.807) is 18.9 Å². The Balaban J connectivity index is 1.94. The molecule has 0 saturated carbocycles. The van der Waals surface area contributed by atoms with E-state index in [1.165, 1.54) is 0 Å². The number of nitrogens with one attached hydrogen (secondary N) is 1. The Morgan fingerprint density at radius 2 is 2.08 bits per heavy atom. The van der Waals surface area contributed by atoms with Crippen LogP contribution in [-0.4, -0.2) is 42.1 Å². The third-order valence-electron chi connectivity index (χ3n) is 4.44. The number of piperidine rings is 1. The summed E-state index contributed by atoms with van der Waals surface area (Å²) in [4.78, 5) is 23.5. The average molecular weight is 331 g/mol. The van der Waals surface area contributed by atoms with Crippen LogP contribution in [0.3, 0.4) is 0 Å². The highest BCUT2D eigenvalue weighted by Crippen LogP contribution is 2.30. The van der Waals surface area contributed by atoms with Crippen molar-refractivity contribution in [2.45, 2.75) is 31.5 Å². The molecule has 0 radical (unpaired) electrons. The van der Waals surface area contributed by atoms with Crippen molar-refractivity contribution < 1.29 is 19.1 Å². The summed E-state index contributed by atoms with van der Waals surface area (Å²) < 4.78 is 12.3. The van der Waals surface area contributed by atoms with Gasteiger partial charge in [-0.2, -0.15) is 5.10 Å². The van der Waals surface area contributed by atoms with Gasteiger partial charge in [-0.3, -0.25) is 19.6 Å². The van der Waals surface area contributed by atoms with E-state index in [1.807, 2.05) is 25.2 Å². The lowest BCUT2D eigenvalue weighted by Crippen LogP contribution is -2.39. The van der Waals surface area contributed by atoms with Crippen molar-refractivity contribution in [2.24, 2.45) is 7.05 Å². The molecule has 2 aromatic rings. The molecule has 1 aliphatic heterocycles. The molecule has 2 heterocycles. The molecule has 1 aromatic heterocycles. The van der Waals surface area contributed by atoms with Crippen molar-refractivity contribution in [1.29, 1.82) is 0 Å². The molecule has 7 heteroatoms. The largest absolute Gasteiger partial charge is 0.356 e. The molecule has 24 heavy (non-hydrogen) atoms. The molecule has 1 aromatic carbocycles. The minimum Gasteiger partial charge on any atom is -0.356 e. The number of fused-ring (bicyclic) bond motifs is 1. The first-order chi connectivity index (χ1) is 11.5. The Hall–Kier alpha value is -2.25. The maximum Gasteiger partial charge on any atom is 0.235 e. The summed E-state index contributed by atoms with van der Waals surface area (Å²) in [5.74, 6) is -0.874. The highest BCUT2D eigenvalue weighted by Gasteiger charge is 2.31. The maximum absolute atomic E-state index is 12.1. The van der Waals surface area contributed by atoms with Gasteiger partial charge in [0.15, 0.2) is 6.29 Å². The number of hydrogen-bond acceptors (Lipinski definition) is 5. The summed E-state index contributed by atoms with van der Waals surface area (Å²) in [5.41, 5.74) is 2.73. The molecule has 1 unspecified atom stereocenters. The van der Waals surface area contributed by atoms with Gasteiger partial charge in [0, 0.05) is 39.5 Å². The van der Waals surface area contributed by atoms with E-state index < -0.39 is 0 Å². The van der Waals surface area contributed by atoms with Crippen molar-refractivity contribution in [3.05, 3.63) is 29.5 Å². The Kier molecular flexibility index (Phi) is 4.64. The minimum absolute atomic E-state index is 0.219. The number of ether oxygens (including phenoxy) is 2. The number of methoxy groups -OCH3 is 2. The monoisotopic (exact) mass is 331 g/mol. The Morgan fingerprint density at radius 3 is 2.75 bits per heavy atom. The molecule has 2 amide bonds. The molecule has 1 atom stereocenters. The SMILES string of the molecule is COC(Cc1ccc2c(C3CCC(=O)NC3=O)nn(C)c2c1)OC. The van der Waals surface area contributed by atoms with Crippen molar-refractivity contribution >= 4 is 22.7 Å². The van der Waals surface area contributed by atoms with E-state index in [2.05, 4.69) is 10.4 Å². The van der Waals surface area contributed by atoms with Gasteiger partial charge in [0.05, 0.1) is 17.1 Å². The van der Waals surface area contributed by atoms with Gasteiger partial charge < -0.3 is 9.47 Å². The topological polar surface area (TPSA) is 82.5 Å². The summed E-state index contributed by atoms with van der Waals surface area (Å²) >= 11 is 0. The molecule has 1 saturated heterocycles. The lowest BCUT2D eigenvalue weighted by Gasteiger charge is -2.19. The number of rotatable bonds is 5. The first-order valence-corrected chi connectivity index (χ1v) is 7.88. The van der Waals surface area contributed by atoms with Gasteiger partial charge in [-0.05, 0) is 18.1 Å². The Labute approximate surface area is 139 Å². The zero-order valence-corrected chi connectivity index (χ0v) is 14.0. The summed E-state index contributed by atoms with van der Waals surface area (Å²) in [7, 11) is 5.07. The molecule has 128 valence electrons. The van der Waals surface area contributed by atoms with Crippen LogP contribution in [0.15, 0.2) is 18.2 Å². The van der Waals surface area contributed by atoms with Gasteiger partial charge in [0.25, 0.3) is 0 Å². The molecule has 1 N–H and O–H groups in total. The zero-order valence-electron chi connectivity index (χ0n) is 14.0. The summed E-state index contributed by atoms with van der Waals surface area (Å²) in [5, 5.41) is 7.86. The smallest absolute Gasteiger partial charge is 0.235 e. The fourth-order valence-corrected chi connectivity index (χ4v) is 3.13. The average Bonchev–Trinajstić information content (AvgIpc) is 2.89. The number of hydrogen-bond donors (Lipinski definition) is 1. The lowest BCUT2D eigenvalue weighted by atomic mass is 9.92. The van der Waals surface area contributed by atoms with Crippen molar-refractivity contribution in [3.8, 4) is 0 Å². The summed E-state index contributed by atoms with van der Waals surface area (Å²) in [6.07, 6.45) is 1.16. The van der Waals surface area contributed by atoms with E-state index >= 15 is 0 Å².